The summed E-state index contributed by atoms with van der Waals surface area (Å²) in [7, 11) is 0. The van der Waals surface area contributed by atoms with E-state index < -0.39 is 29.2 Å². The molecule has 1 aliphatic rings. The molecule has 0 aliphatic heterocycles. The molecule has 0 aromatic carbocycles. The number of carboxylic acid groups (broad SMARTS) is 3. The van der Waals surface area contributed by atoms with Gasteiger partial charge >= 0.3 is 17.9 Å². The Kier molecular flexibility index (Phi) is 6.96. The van der Waals surface area contributed by atoms with Gasteiger partial charge in [-0.25, -0.2) is 4.79 Å². The van der Waals surface area contributed by atoms with Crippen LogP contribution < -0.4 is 0 Å². The van der Waals surface area contributed by atoms with Crippen LogP contribution >= 0.6 is 0 Å². The van der Waals surface area contributed by atoms with E-state index in [0.29, 0.717) is 19.3 Å². The molecule has 0 bridgehead atoms. The van der Waals surface area contributed by atoms with Gasteiger partial charge in [0.2, 0.25) is 0 Å². The second kappa shape index (κ2) is 7.67. The fourth-order valence-electron chi connectivity index (χ4n) is 2.43. The summed E-state index contributed by atoms with van der Waals surface area (Å²) in [5.74, 6) is -3.56. The van der Waals surface area contributed by atoms with Gasteiger partial charge in [-0.05, 0) is 26.2 Å². The summed E-state index contributed by atoms with van der Waals surface area (Å²) in [5, 5.41) is 26.0. The van der Waals surface area contributed by atoms with Crippen LogP contribution in [0.2, 0.25) is 0 Å². The standard InChI is InChI=1S/C10H16O4.C4H6O2/c1-2-10(9(13)14)6-4-3-5-7(10)8(11)12;1-3(2)4(5)6/h7H,2-6H2,1H3,(H,11,12)(H,13,14);1H2,2H3,(H,5,6). The van der Waals surface area contributed by atoms with Crippen molar-refractivity contribution in [2.45, 2.75) is 46.0 Å². The first-order valence-corrected chi connectivity index (χ1v) is 6.54. The summed E-state index contributed by atoms with van der Waals surface area (Å²) >= 11 is 0. The Hall–Kier alpha value is -1.85. The SMILES string of the molecule is C=C(C)C(=O)O.CCC1(C(=O)O)CCCCC1C(=O)O. The minimum absolute atomic E-state index is 0.176. The predicted molar refractivity (Wildman–Crippen MR) is 72.4 cm³/mol. The van der Waals surface area contributed by atoms with Crippen LogP contribution in [0.15, 0.2) is 12.2 Å². The Morgan fingerprint density at radius 1 is 1.20 bits per heavy atom. The van der Waals surface area contributed by atoms with Crippen LogP contribution in [0.4, 0.5) is 0 Å². The molecule has 1 saturated carbocycles. The van der Waals surface area contributed by atoms with Crippen LogP contribution in [0, 0.1) is 11.3 Å². The topological polar surface area (TPSA) is 112 Å². The van der Waals surface area contributed by atoms with E-state index in [1.165, 1.54) is 6.92 Å². The maximum atomic E-state index is 11.2. The van der Waals surface area contributed by atoms with E-state index in [2.05, 4.69) is 6.58 Å². The largest absolute Gasteiger partial charge is 0.481 e. The van der Waals surface area contributed by atoms with E-state index in [-0.39, 0.29) is 5.57 Å². The average molecular weight is 286 g/mol. The highest BCUT2D eigenvalue weighted by molar-refractivity contribution is 5.85. The Balaban J connectivity index is 0.000000511. The highest BCUT2D eigenvalue weighted by Crippen LogP contribution is 2.44. The third-order valence-corrected chi connectivity index (χ3v) is 3.75. The van der Waals surface area contributed by atoms with Gasteiger partial charge < -0.3 is 15.3 Å². The predicted octanol–water partition coefficient (Wildman–Crippen LogP) is 2.39. The number of hydrogen-bond acceptors (Lipinski definition) is 3. The fraction of sp³-hybridized carbons (Fsp3) is 0.643. The highest BCUT2D eigenvalue weighted by atomic mass is 16.4. The van der Waals surface area contributed by atoms with Crippen LogP contribution in [-0.4, -0.2) is 33.2 Å². The van der Waals surface area contributed by atoms with Gasteiger partial charge in [0.05, 0.1) is 11.3 Å². The summed E-state index contributed by atoms with van der Waals surface area (Å²) in [5.41, 5.74) is -0.848. The number of hydrogen-bond donors (Lipinski definition) is 3. The molecule has 0 heterocycles. The molecule has 1 aliphatic carbocycles. The van der Waals surface area contributed by atoms with Crippen molar-refractivity contribution in [3.63, 3.8) is 0 Å². The summed E-state index contributed by atoms with van der Waals surface area (Å²) in [6.07, 6.45) is 3.04. The Morgan fingerprint density at radius 2 is 1.70 bits per heavy atom. The van der Waals surface area contributed by atoms with Gasteiger partial charge in [0, 0.05) is 5.57 Å². The van der Waals surface area contributed by atoms with Gasteiger partial charge in [-0.1, -0.05) is 26.3 Å². The molecule has 1 fully saturated rings. The van der Waals surface area contributed by atoms with E-state index in [1.54, 1.807) is 6.92 Å². The first kappa shape index (κ1) is 18.1. The van der Waals surface area contributed by atoms with Crippen molar-refractivity contribution < 1.29 is 29.7 Å². The summed E-state index contributed by atoms with van der Waals surface area (Å²) in [6, 6.07) is 0. The number of carbonyl (C=O) groups is 3. The number of carboxylic acids is 3. The molecular weight excluding hydrogens is 264 g/mol. The lowest BCUT2D eigenvalue weighted by Gasteiger charge is -2.37. The van der Waals surface area contributed by atoms with Gasteiger partial charge in [-0.15, -0.1) is 0 Å². The quantitative estimate of drug-likeness (QED) is 0.684. The molecule has 0 aromatic rings. The van der Waals surface area contributed by atoms with E-state index in [9.17, 15) is 14.4 Å². The Morgan fingerprint density at radius 3 is 1.95 bits per heavy atom. The van der Waals surface area contributed by atoms with Crippen LogP contribution in [0.1, 0.15) is 46.0 Å². The first-order valence-electron chi connectivity index (χ1n) is 6.54. The van der Waals surface area contributed by atoms with Crippen LogP contribution in [0.5, 0.6) is 0 Å². The zero-order chi connectivity index (χ0) is 15.9. The highest BCUT2D eigenvalue weighted by Gasteiger charge is 2.49. The molecule has 0 spiro atoms. The van der Waals surface area contributed by atoms with E-state index >= 15 is 0 Å². The molecule has 6 nitrogen and oxygen atoms in total. The number of aliphatic carboxylic acids is 3. The van der Waals surface area contributed by atoms with Gasteiger partial charge in [0.1, 0.15) is 0 Å². The van der Waals surface area contributed by atoms with E-state index in [1.807, 2.05) is 0 Å². The van der Waals surface area contributed by atoms with Gasteiger partial charge in [-0.2, -0.15) is 0 Å². The smallest absolute Gasteiger partial charge is 0.330 e. The van der Waals surface area contributed by atoms with Gasteiger partial charge in [0.25, 0.3) is 0 Å². The molecule has 6 heteroatoms. The molecule has 1 rings (SSSR count). The summed E-state index contributed by atoms with van der Waals surface area (Å²) in [6.45, 7) is 6.36. The van der Waals surface area contributed by atoms with Crippen molar-refractivity contribution in [1.29, 1.82) is 0 Å². The monoisotopic (exact) mass is 286 g/mol. The third kappa shape index (κ3) is 4.36. The summed E-state index contributed by atoms with van der Waals surface area (Å²) < 4.78 is 0. The van der Waals surface area contributed by atoms with Crippen molar-refractivity contribution in [2.24, 2.45) is 11.3 Å². The zero-order valence-electron chi connectivity index (χ0n) is 11.9. The van der Waals surface area contributed by atoms with Crippen molar-refractivity contribution in [3.8, 4) is 0 Å². The Bertz CT molecular complexity index is 388. The molecule has 0 radical (unpaired) electrons. The van der Waals surface area contributed by atoms with Gasteiger partial charge in [-0.3, -0.25) is 9.59 Å². The van der Waals surface area contributed by atoms with E-state index in [4.69, 9.17) is 15.3 Å². The molecule has 0 aromatic heterocycles. The lowest BCUT2D eigenvalue weighted by atomic mass is 9.64. The molecule has 2 unspecified atom stereocenters. The second-order valence-corrected chi connectivity index (χ2v) is 5.04. The average Bonchev–Trinajstić information content (AvgIpc) is 2.38. The normalized spacial score (nSPS) is 25.0. The van der Waals surface area contributed by atoms with Gasteiger partial charge in [0.15, 0.2) is 0 Å². The summed E-state index contributed by atoms with van der Waals surface area (Å²) in [4.78, 5) is 31.7. The van der Waals surface area contributed by atoms with Crippen molar-refractivity contribution >= 4 is 17.9 Å². The van der Waals surface area contributed by atoms with E-state index in [0.717, 1.165) is 12.8 Å². The first-order chi connectivity index (χ1) is 9.19. The maximum absolute atomic E-state index is 11.2. The lowest BCUT2D eigenvalue weighted by molar-refractivity contribution is -0.166. The molecule has 0 saturated heterocycles. The lowest BCUT2D eigenvalue weighted by Crippen LogP contribution is -2.44. The van der Waals surface area contributed by atoms with Crippen molar-refractivity contribution in [2.75, 3.05) is 0 Å². The molecule has 20 heavy (non-hydrogen) atoms. The van der Waals surface area contributed by atoms with Crippen LogP contribution in [0.3, 0.4) is 0 Å². The molecule has 114 valence electrons. The molecule has 3 N–H and O–H groups in total. The maximum Gasteiger partial charge on any atom is 0.330 e. The Labute approximate surface area is 118 Å². The van der Waals surface area contributed by atoms with Crippen LogP contribution in [-0.2, 0) is 14.4 Å². The second-order valence-electron chi connectivity index (χ2n) is 5.04. The van der Waals surface area contributed by atoms with Crippen LogP contribution in [0.25, 0.3) is 0 Å². The molecule has 0 amide bonds. The molecule has 2 atom stereocenters. The van der Waals surface area contributed by atoms with Crippen molar-refractivity contribution in [1.82, 2.24) is 0 Å². The minimum atomic E-state index is -1.02. The van der Waals surface area contributed by atoms with Crippen molar-refractivity contribution in [3.05, 3.63) is 12.2 Å². The number of rotatable bonds is 4. The zero-order valence-corrected chi connectivity index (χ0v) is 11.9. The molecular formula is C14H22O6. The minimum Gasteiger partial charge on any atom is -0.481 e. The fourth-order valence-corrected chi connectivity index (χ4v) is 2.43. The third-order valence-electron chi connectivity index (χ3n) is 3.75.